The summed E-state index contributed by atoms with van der Waals surface area (Å²) >= 11 is 0. The minimum Gasteiger partial charge on any atom is -0.420 e. The molecule has 0 spiro atoms. The van der Waals surface area contributed by atoms with Crippen molar-refractivity contribution < 1.29 is 9.53 Å². The largest absolute Gasteiger partial charge is 0.420 e. The van der Waals surface area contributed by atoms with Gasteiger partial charge in [0.05, 0.1) is 12.4 Å². The molecule has 0 radical (unpaired) electrons. The fraction of sp³-hybridized carbons (Fsp3) is 0.143. The Bertz CT molecular complexity index is 278. The van der Waals surface area contributed by atoms with Gasteiger partial charge in [-0.3, -0.25) is 4.68 Å². The van der Waals surface area contributed by atoms with Gasteiger partial charge in [0.25, 0.3) is 0 Å². The number of carbonyl (C=O) groups is 1. The first-order valence-electron chi connectivity index (χ1n) is 3.05. The highest BCUT2D eigenvalue weighted by Crippen LogP contribution is 2.06. The topological polar surface area (TPSA) is 44.1 Å². The van der Waals surface area contributed by atoms with Crippen molar-refractivity contribution in [1.82, 2.24) is 9.78 Å². The van der Waals surface area contributed by atoms with E-state index in [-0.39, 0.29) is 0 Å². The van der Waals surface area contributed by atoms with Gasteiger partial charge < -0.3 is 4.74 Å². The van der Waals surface area contributed by atoms with Crippen molar-refractivity contribution in [2.75, 3.05) is 0 Å². The Morgan fingerprint density at radius 1 is 1.91 bits per heavy atom. The van der Waals surface area contributed by atoms with Gasteiger partial charge in [-0.2, -0.15) is 5.10 Å². The Labute approximate surface area is 64.1 Å². The third-order valence-electron chi connectivity index (χ3n) is 1.07. The number of nitrogens with zero attached hydrogens (tertiary/aromatic N) is 2. The summed E-state index contributed by atoms with van der Waals surface area (Å²) in [5, 5.41) is 3.81. The predicted molar refractivity (Wildman–Crippen MR) is 39.0 cm³/mol. The van der Waals surface area contributed by atoms with Gasteiger partial charge in [-0.1, -0.05) is 6.58 Å². The van der Waals surface area contributed by atoms with E-state index in [0.717, 1.165) is 6.08 Å². The average Bonchev–Trinajstić information content (AvgIpc) is 2.35. The maximum atomic E-state index is 10.6. The standard InChI is InChI=1S/C7H8N2O2/c1-3-7(10)11-6-4-8-9(2)5-6/h3-5H,1H2,2H3. The summed E-state index contributed by atoms with van der Waals surface area (Å²) < 4.78 is 6.29. The number of aryl methyl sites for hydroxylation is 1. The van der Waals surface area contributed by atoms with Crippen LogP contribution in [0.25, 0.3) is 0 Å². The lowest BCUT2D eigenvalue weighted by Gasteiger charge is -1.93. The van der Waals surface area contributed by atoms with Gasteiger partial charge in [-0.15, -0.1) is 0 Å². The van der Waals surface area contributed by atoms with Crippen LogP contribution in [-0.4, -0.2) is 15.7 Å². The molecule has 0 amide bonds. The number of rotatable bonds is 2. The van der Waals surface area contributed by atoms with E-state index < -0.39 is 5.97 Å². The van der Waals surface area contributed by atoms with E-state index in [1.807, 2.05) is 0 Å². The molecule has 0 bridgehead atoms. The van der Waals surface area contributed by atoms with E-state index in [1.54, 1.807) is 17.9 Å². The molecular weight excluding hydrogens is 144 g/mol. The molecule has 4 heteroatoms. The molecule has 0 N–H and O–H groups in total. The first-order chi connectivity index (χ1) is 5.22. The Morgan fingerprint density at radius 3 is 3.09 bits per heavy atom. The van der Waals surface area contributed by atoms with Crippen molar-refractivity contribution in [2.45, 2.75) is 0 Å². The van der Waals surface area contributed by atoms with Crippen LogP contribution in [0.4, 0.5) is 0 Å². The normalized spacial score (nSPS) is 9.18. The van der Waals surface area contributed by atoms with Crippen LogP contribution in [0.15, 0.2) is 25.0 Å². The smallest absolute Gasteiger partial charge is 0.335 e. The lowest BCUT2D eigenvalue weighted by atomic mass is 10.6. The second-order valence-electron chi connectivity index (χ2n) is 1.97. The number of ether oxygens (including phenoxy) is 1. The van der Waals surface area contributed by atoms with Crippen LogP contribution in [-0.2, 0) is 11.8 Å². The molecule has 0 aliphatic carbocycles. The van der Waals surface area contributed by atoms with Gasteiger partial charge in [0.1, 0.15) is 0 Å². The maximum Gasteiger partial charge on any atom is 0.335 e. The summed E-state index contributed by atoms with van der Waals surface area (Å²) in [5.74, 6) is -0.0459. The molecule has 0 aromatic carbocycles. The van der Waals surface area contributed by atoms with Gasteiger partial charge in [0, 0.05) is 13.1 Å². The van der Waals surface area contributed by atoms with E-state index in [2.05, 4.69) is 11.7 Å². The zero-order valence-electron chi connectivity index (χ0n) is 6.15. The molecule has 58 valence electrons. The molecule has 0 unspecified atom stereocenters. The number of hydrogen-bond donors (Lipinski definition) is 0. The van der Waals surface area contributed by atoms with Crippen LogP contribution in [0.5, 0.6) is 5.75 Å². The molecule has 11 heavy (non-hydrogen) atoms. The van der Waals surface area contributed by atoms with Crippen LogP contribution in [0, 0.1) is 0 Å². The van der Waals surface area contributed by atoms with E-state index in [4.69, 9.17) is 4.74 Å². The molecule has 1 heterocycles. The van der Waals surface area contributed by atoms with Gasteiger partial charge in [0.15, 0.2) is 5.75 Å². The zero-order chi connectivity index (χ0) is 8.27. The molecular formula is C7H8N2O2. The quantitative estimate of drug-likeness (QED) is 0.458. The van der Waals surface area contributed by atoms with E-state index in [0.29, 0.717) is 5.75 Å². The summed E-state index contributed by atoms with van der Waals surface area (Å²) in [4.78, 5) is 10.6. The fourth-order valence-electron chi connectivity index (χ4n) is 0.609. The minimum absolute atomic E-state index is 0.428. The lowest BCUT2D eigenvalue weighted by molar-refractivity contribution is -0.128. The highest BCUT2D eigenvalue weighted by Gasteiger charge is 2.00. The van der Waals surface area contributed by atoms with Crippen LogP contribution >= 0.6 is 0 Å². The Morgan fingerprint density at radius 2 is 2.64 bits per heavy atom. The third kappa shape index (κ3) is 1.93. The Hall–Kier alpha value is -1.58. The number of aromatic nitrogens is 2. The molecule has 1 aromatic rings. The van der Waals surface area contributed by atoms with Gasteiger partial charge >= 0.3 is 5.97 Å². The molecule has 0 aliphatic heterocycles. The van der Waals surface area contributed by atoms with Crippen molar-refractivity contribution in [2.24, 2.45) is 7.05 Å². The highest BCUT2D eigenvalue weighted by molar-refractivity contribution is 5.83. The first-order valence-corrected chi connectivity index (χ1v) is 3.05. The SMILES string of the molecule is C=CC(=O)Oc1cnn(C)c1. The molecule has 1 aromatic heterocycles. The summed E-state index contributed by atoms with van der Waals surface area (Å²) in [6, 6.07) is 0. The molecule has 0 saturated carbocycles. The van der Waals surface area contributed by atoms with E-state index in [1.165, 1.54) is 6.20 Å². The predicted octanol–water partition coefficient (Wildman–Crippen LogP) is 0.511. The second kappa shape index (κ2) is 3.01. The van der Waals surface area contributed by atoms with Crippen molar-refractivity contribution in [3.8, 4) is 5.75 Å². The third-order valence-corrected chi connectivity index (χ3v) is 1.07. The molecule has 0 saturated heterocycles. The zero-order valence-corrected chi connectivity index (χ0v) is 6.15. The van der Waals surface area contributed by atoms with Crippen molar-refractivity contribution in [1.29, 1.82) is 0 Å². The number of esters is 1. The molecule has 4 nitrogen and oxygen atoms in total. The van der Waals surface area contributed by atoms with Crippen molar-refractivity contribution in [3.63, 3.8) is 0 Å². The molecule has 1 rings (SSSR count). The van der Waals surface area contributed by atoms with Crippen LogP contribution in [0.3, 0.4) is 0 Å². The van der Waals surface area contributed by atoms with Gasteiger partial charge in [-0.05, 0) is 0 Å². The summed E-state index contributed by atoms with van der Waals surface area (Å²) in [6.45, 7) is 3.26. The second-order valence-corrected chi connectivity index (χ2v) is 1.97. The highest BCUT2D eigenvalue weighted by atomic mass is 16.5. The fourth-order valence-corrected chi connectivity index (χ4v) is 0.609. The van der Waals surface area contributed by atoms with Gasteiger partial charge in [-0.25, -0.2) is 4.79 Å². The Balaban J connectivity index is 2.64. The maximum absolute atomic E-state index is 10.6. The number of carbonyl (C=O) groups excluding carboxylic acids is 1. The van der Waals surface area contributed by atoms with Crippen LogP contribution in [0.2, 0.25) is 0 Å². The average molecular weight is 152 g/mol. The van der Waals surface area contributed by atoms with E-state index >= 15 is 0 Å². The van der Waals surface area contributed by atoms with E-state index in [9.17, 15) is 4.79 Å². The monoisotopic (exact) mass is 152 g/mol. The first kappa shape index (κ1) is 7.53. The molecule has 0 fully saturated rings. The summed E-state index contributed by atoms with van der Waals surface area (Å²) in [7, 11) is 1.74. The van der Waals surface area contributed by atoms with Crippen molar-refractivity contribution >= 4 is 5.97 Å². The lowest BCUT2D eigenvalue weighted by Crippen LogP contribution is -2.01. The van der Waals surface area contributed by atoms with Crippen molar-refractivity contribution in [3.05, 3.63) is 25.0 Å². The summed E-state index contributed by atoms with van der Waals surface area (Å²) in [6.07, 6.45) is 4.16. The molecule has 0 atom stereocenters. The van der Waals surface area contributed by atoms with Crippen LogP contribution < -0.4 is 4.74 Å². The summed E-state index contributed by atoms with van der Waals surface area (Å²) in [5.41, 5.74) is 0. The van der Waals surface area contributed by atoms with Gasteiger partial charge in [0.2, 0.25) is 0 Å². The molecule has 0 aliphatic rings. The Kier molecular flexibility index (Phi) is 2.06. The van der Waals surface area contributed by atoms with Crippen LogP contribution in [0.1, 0.15) is 0 Å². The minimum atomic E-state index is -0.474. The number of hydrogen-bond acceptors (Lipinski definition) is 3.